The minimum Gasteiger partial charge on any atom is -0.480 e. The Morgan fingerprint density at radius 1 is 1.06 bits per heavy atom. The lowest BCUT2D eigenvalue weighted by molar-refractivity contribution is -0.141. The topological polar surface area (TPSA) is 101 Å². The summed E-state index contributed by atoms with van der Waals surface area (Å²) in [5.41, 5.74) is 2.08. The van der Waals surface area contributed by atoms with Crippen LogP contribution in [0.3, 0.4) is 0 Å². The summed E-state index contributed by atoms with van der Waals surface area (Å²) >= 11 is 0. The molecule has 1 aliphatic rings. The zero-order valence-corrected chi connectivity index (χ0v) is 18.7. The average molecular weight is 448 g/mol. The van der Waals surface area contributed by atoms with Crippen LogP contribution < -0.4 is 0 Å². The number of likely N-dealkylation sites (tertiary alicyclic amines) is 1. The summed E-state index contributed by atoms with van der Waals surface area (Å²) in [4.78, 5) is 24.4. The van der Waals surface area contributed by atoms with Crippen molar-refractivity contribution in [3.8, 4) is 0 Å². The average Bonchev–Trinajstić information content (AvgIpc) is 3.24. The maximum atomic E-state index is 11.8. The lowest BCUT2D eigenvalue weighted by Gasteiger charge is -2.20. The zero-order chi connectivity index (χ0) is 22.9. The van der Waals surface area contributed by atoms with E-state index in [9.17, 15) is 18.0 Å². The molecular weight excluding hydrogens is 418 g/mol. The number of amides is 1. The molecule has 0 unspecified atom stereocenters. The molecule has 0 spiro atoms. The molecule has 2 aromatic carbocycles. The number of hydrogen-bond donors (Lipinski definition) is 1. The fourth-order valence-corrected chi connectivity index (χ4v) is 3.87. The third-order valence-electron chi connectivity index (χ3n) is 4.87. The first-order valence-corrected chi connectivity index (χ1v) is 12.1. The number of sulfone groups is 1. The van der Waals surface area contributed by atoms with Crippen LogP contribution in [0, 0.1) is 0 Å². The first kappa shape index (κ1) is 24.4. The van der Waals surface area contributed by atoms with Crippen molar-refractivity contribution < 1.29 is 27.9 Å². The third kappa shape index (κ3) is 7.71. The molecule has 1 saturated heterocycles. The van der Waals surface area contributed by atoms with E-state index in [4.69, 9.17) is 9.84 Å². The maximum absolute atomic E-state index is 11.8. The monoisotopic (exact) mass is 447 g/mol. The van der Waals surface area contributed by atoms with E-state index < -0.39 is 27.9 Å². The van der Waals surface area contributed by atoms with E-state index in [1.165, 1.54) is 16.7 Å². The molecule has 0 aromatic heterocycles. The van der Waals surface area contributed by atoms with Gasteiger partial charge in [0.25, 0.3) is 0 Å². The van der Waals surface area contributed by atoms with Crippen molar-refractivity contribution in [3.05, 3.63) is 65.7 Å². The van der Waals surface area contributed by atoms with Crippen LogP contribution in [0.2, 0.25) is 0 Å². The summed E-state index contributed by atoms with van der Waals surface area (Å²) in [6, 6.07) is 15.6. The summed E-state index contributed by atoms with van der Waals surface area (Å²) in [6.07, 6.45) is 3.96. The van der Waals surface area contributed by atoms with Crippen LogP contribution >= 0.6 is 0 Å². The van der Waals surface area contributed by atoms with Gasteiger partial charge in [0.15, 0.2) is 9.84 Å². The molecular formula is C23H29NO6S. The van der Waals surface area contributed by atoms with Crippen LogP contribution in [0.4, 0.5) is 4.79 Å². The standard InChI is InChI=1S/C13H15NO4.C10H14O2S/c15-12(16)11-7-4-8-14(11)13(17)18-9-10-5-2-1-3-6-10;1-3-4-9-5-7-10(8-6-9)13(2,11)12/h1-3,5-6,11H,4,7-9H2,(H,15,16);5-8H,3-4H2,1-2H3/t11-;/m0./s1. The number of nitrogens with zero attached hydrogens (tertiary/aromatic N) is 1. The van der Waals surface area contributed by atoms with E-state index in [0.29, 0.717) is 24.3 Å². The van der Waals surface area contributed by atoms with Gasteiger partial charge in [-0.15, -0.1) is 0 Å². The number of ether oxygens (including phenoxy) is 1. The van der Waals surface area contributed by atoms with E-state index in [-0.39, 0.29) is 6.61 Å². The van der Waals surface area contributed by atoms with E-state index >= 15 is 0 Å². The molecule has 3 rings (SSSR count). The highest BCUT2D eigenvalue weighted by Gasteiger charge is 2.34. The van der Waals surface area contributed by atoms with Crippen molar-refractivity contribution in [3.63, 3.8) is 0 Å². The molecule has 31 heavy (non-hydrogen) atoms. The van der Waals surface area contributed by atoms with Gasteiger partial charge < -0.3 is 9.84 Å². The molecule has 1 aliphatic heterocycles. The summed E-state index contributed by atoms with van der Waals surface area (Å²) in [6.45, 7) is 2.72. The lowest BCUT2D eigenvalue weighted by atomic mass is 10.1. The Labute approximate surface area is 183 Å². The second kappa shape index (κ2) is 11.5. The van der Waals surface area contributed by atoms with E-state index in [1.54, 1.807) is 12.1 Å². The molecule has 0 saturated carbocycles. The molecule has 0 bridgehead atoms. The zero-order valence-electron chi connectivity index (χ0n) is 17.9. The number of carboxylic acids is 1. The van der Waals surface area contributed by atoms with Crippen molar-refractivity contribution in [1.29, 1.82) is 0 Å². The van der Waals surface area contributed by atoms with E-state index in [0.717, 1.165) is 18.4 Å². The molecule has 8 heteroatoms. The largest absolute Gasteiger partial charge is 0.480 e. The molecule has 1 amide bonds. The molecule has 7 nitrogen and oxygen atoms in total. The molecule has 0 aliphatic carbocycles. The fourth-order valence-electron chi connectivity index (χ4n) is 3.24. The van der Waals surface area contributed by atoms with E-state index in [1.807, 2.05) is 42.5 Å². The van der Waals surface area contributed by atoms with Crippen molar-refractivity contribution in [1.82, 2.24) is 4.90 Å². The van der Waals surface area contributed by atoms with Gasteiger partial charge in [-0.05, 0) is 42.5 Å². The van der Waals surface area contributed by atoms with Crippen LogP contribution in [-0.2, 0) is 32.4 Å². The first-order valence-electron chi connectivity index (χ1n) is 10.2. The Kier molecular flexibility index (Phi) is 9.05. The molecule has 0 radical (unpaired) electrons. The second-order valence-electron chi connectivity index (χ2n) is 7.40. The maximum Gasteiger partial charge on any atom is 0.410 e. The van der Waals surface area contributed by atoms with Gasteiger partial charge >= 0.3 is 12.1 Å². The smallest absolute Gasteiger partial charge is 0.410 e. The molecule has 1 heterocycles. The lowest BCUT2D eigenvalue weighted by Crippen LogP contribution is -2.40. The Balaban J connectivity index is 0.000000233. The predicted molar refractivity (Wildman–Crippen MR) is 118 cm³/mol. The van der Waals surface area contributed by atoms with Crippen LogP contribution in [-0.4, -0.2) is 49.3 Å². The Bertz CT molecular complexity index is 957. The Morgan fingerprint density at radius 2 is 1.71 bits per heavy atom. The Hall–Kier alpha value is -2.87. The molecule has 1 fully saturated rings. The number of aliphatic carboxylic acids is 1. The van der Waals surface area contributed by atoms with Gasteiger partial charge in [0.1, 0.15) is 12.6 Å². The number of benzene rings is 2. The van der Waals surface area contributed by atoms with E-state index in [2.05, 4.69) is 6.92 Å². The van der Waals surface area contributed by atoms with Crippen LogP contribution in [0.25, 0.3) is 0 Å². The molecule has 2 aromatic rings. The molecule has 168 valence electrons. The number of rotatable bonds is 6. The second-order valence-corrected chi connectivity index (χ2v) is 9.41. The van der Waals surface area contributed by atoms with Gasteiger partial charge in [0.2, 0.25) is 0 Å². The number of carboxylic acid groups (broad SMARTS) is 1. The van der Waals surface area contributed by atoms with Crippen molar-refractivity contribution in [2.75, 3.05) is 12.8 Å². The quantitative estimate of drug-likeness (QED) is 0.720. The molecule has 1 atom stereocenters. The first-order chi connectivity index (χ1) is 14.7. The summed E-state index contributed by atoms with van der Waals surface area (Å²) in [5.74, 6) is -0.968. The summed E-state index contributed by atoms with van der Waals surface area (Å²) < 4.78 is 27.3. The number of aryl methyl sites for hydroxylation is 1. The highest BCUT2D eigenvalue weighted by atomic mass is 32.2. The normalized spacial score (nSPS) is 15.7. The predicted octanol–water partition coefficient (Wildman–Crippen LogP) is 3.91. The number of hydrogen-bond acceptors (Lipinski definition) is 5. The van der Waals surface area contributed by atoms with Crippen molar-refractivity contribution in [2.45, 2.75) is 50.2 Å². The van der Waals surface area contributed by atoms with Crippen molar-refractivity contribution in [2.24, 2.45) is 0 Å². The van der Waals surface area contributed by atoms with Crippen LogP contribution in [0.5, 0.6) is 0 Å². The van der Waals surface area contributed by atoms with Gasteiger partial charge in [0.05, 0.1) is 4.90 Å². The number of carbonyl (C=O) groups is 2. The van der Waals surface area contributed by atoms with Gasteiger partial charge in [-0.3, -0.25) is 4.90 Å². The summed E-state index contributed by atoms with van der Waals surface area (Å²) in [7, 11) is -3.03. The van der Waals surface area contributed by atoms with Crippen LogP contribution in [0.1, 0.15) is 37.3 Å². The minimum absolute atomic E-state index is 0.169. The number of carbonyl (C=O) groups excluding carboxylic acids is 1. The van der Waals surface area contributed by atoms with Crippen molar-refractivity contribution >= 4 is 21.9 Å². The summed E-state index contributed by atoms with van der Waals surface area (Å²) in [5, 5.41) is 8.97. The highest BCUT2D eigenvalue weighted by Crippen LogP contribution is 2.19. The highest BCUT2D eigenvalue weighted by molar-refractivity contribution is 7.90. The Morgan fingerprint density at radius 3 is 2.26 bits per heavy atom. The fraction of sp³-hybridized carbons (Fsp3) is 0.391. The molecule has 1 N–H and O–H groups in total. The third-order valence-corrected chi connectivity index (χ3v) is 6.00. The van der Waals surface area contributed by atoms with Crippen LogP contribution in [0.15, 0.2) is 59.5 Å². The van der Waals surface area contributed by atoms with Gasteiger partial charge in [-0.2, -0.15) is 0 Å². The van der Waals surface area contributed by atoms with Gasteiger partial charge in [-0.1, -0.05) is 55.8 Å². The van der Waals surface area contributed by atoms with Gasteiger partial charge in [-0.25, -0.2) is 18.0 Å². The van der Waals surface area contributed by atoms with Gasteiger partial charge in [0, 0.05) is 12.8 Å². The SMILES string of the molecule is CCCc1ccc(S(C)(=O)=O)cc1.O=C(O)[C@@H]1CCCN1C(=O)OCc1ccccc1. The minimum atomic E-state index is -3.03.